The molecule has 0 aliphatic carbocycles. The molecule has 0 saturated heterocycles. The average molecular weight is 414 g/mol. The van der Waals surface area contributed by atoms with Crippen LogP contribution in [0.4, 0.5) is 0 Å². The van der Waals surface area contributed by atoms with E-state index in [2.05, 4.69) is 15.5 Å². The third-order valence-corrected chi connectivity index (χ3v) is 5.39. The van der Waals surface area contributed by atoms with Crippen LogP contribution in [0.15, 0.2) is 52.2 Å². The van der Waals surface area contributed by atoms with Gasteiger partial charge in [-0.3, -0.25) is 4.79 Å². The minimum absolute atomic E-state index is 0.0959. The molecule has 9 heteroatoms. The van der Waals surface area contributed by atoms with Crippen LogP contribution in [-0.2, 0) is 27.8 Å². The number of aromatic nitrogens is 3. The van der Waals surface area contributed by atoms with Crippen LogP contribution in [0.25, 0.3) is 11.4 Å². The molecule has 0 bridgehead atoms. The van der Waals surface area contributed by atoms with Gasteiger partial charge in [-0.05, 0) is 18.6 Å². The number of carbonyl (C=O) groups is 2. The van der Waals surface area contributed by atoms with Crippen LogP contribution in [0.3, 0.4) is 0 Å². The number of hydrogen-bond acceptors (Lipinski definition) is 7. The Morgan fingerprint density at radius 2 is 2.00 bits per heavy atom. The molecule has 1 aromatic carbocycles. The van der Waals surface area contributed by atoms with Crippen LogP contribution in [0, 0.1) is 6.92 Å². The summed E-state index contributed by atoms with van der Waals surface area (Å²) in [7, 11) is 3.13. The second-order valence-corrected chi connectivity index (χ2v) is 7.32. The maximum Gasteiger partial charge on any atom is 0.328 e. The van der Waals surface area contributed by atoms with Crippen molar-refractivity contribution in [3.8, 4) is 11.4 Å². The van der Waals surface area contributed by atoms with Gasteiger partial charge in [0, 0.05) is 13.5 Å². The first kappa shape index (κ1) is 20.7. The smallest absolute Gasteiger partial charge is 0.328 e. The molecule has 1 N–H and O–H groups in total. The van der Waals surface area contributed by atoms with Crippen molar-refractivity contribution in [2.24, 2.45) is 7.05 Å². The Kier molecular flexibility index (Phi) is 6.71. The molecule has 8 nitrogen and oxygen atoms in total. The molecule has 0 saturated carbocycles. The highest BCUT2D eigenvalue weighted by atomic mass is 32.2. The van der Waals surface area contributed by atoms with Gasteiger partial charge in [-0.15, -0.1) is 10.2 Å². The second kappa shape index (κ2) is 9.42. The topological polar surface area (TPSA) is 99.2 Å². The van der Waals surface area contributed by atoms with Gasteiger partial charge >= 0.3 is 5.97 Å². The Morgan fingerprint density at radius 3 is 2.66 bits per heavy atom. The Bertz CT molecular complexity index is 984. The SMILES string of the molecule is COC(=O)[C@H](Cc1ccccc1)NC(=O)CSc1nnc(-c2ccoc2C)n1C. The summed E-state index contributed by atoms with van der Waals surface area (Å²) in [5.74, 6) is 0.736. The monoisotopic (exact) mass is 414 g/mol. The van der Waals surface area contributed by atoms with Crippen molar-refractivity contribution in [1.82, 2.24) is 20.1 Å². The summed E-state index contributed by atoms with van der Waals surface area (Å²) < 4.78 is 11.9. The summed E-state index contributed by atoms with van der Waals surface area (Å²) in [5, 5.41) is 11.7. The zero-order valence-corrected chi connectivity index (χ0v) is 17.2. The zero-order chi connectivity index (χ0) is 20.8. The molecule has 1 atom stereocenters. The first-order valence-corrected chi connectivity index (χ1v) is 9.96. The molecular formula is C20H22N4O4S. The fourth-order valence-corrected chi connectivity index (χ4v) is 3.57. The van der Waals surface area contributed by atoms with E-state index in [9.17, 15) is 9.59 Å². The molecule has 0 fully saturated rings. The van der Waals surface area contributed by atoms with Crippen molar-refractivity contribution in [2.45, 2.75) is 24.5 Å². The number of hydrogen-bond donors (Lipinski definition) is 1. The molecule has 0 aliphatic heterocycles. The van der Waals surface area contributed by atoms with E-state index in [0.29, 0.717) is 17.4 Å². The first-order valence-electron chi connectivity index (χ1n) is 8.97. The van der Waals surface area contributed by atoms with E-state index in [1.165, 1.54) is 18.9 Å². The van der Waals surface area contributed by atoms with E-state index in [-0.39, 0.29) is 11.7 Å². The molecule has 0 unspecified atom stereocenters. The molecule has 2 aromatic heterocycles. The minimum Gasteiger partial charge on any atom is -0.469 e. The largest absolute Gasteiger partial charge is 0.469 e. The summed E-state index contributed by atoms with van der Waals surface area (Å²) in [6.07, 6.45) is 1.96. The molecule has 0 radical (unpaired) electrons. The number of methoxy groups -OCH3 is 1. The number of nitrogens with zero attached hydrogens (tertiary/aromatic N) is 3. The number of rotatable bonds is 8. The summed E-state index contributed by atoms with van der Waals surface area (Å²) in [6, 6.07) is 10.5. The number of nitrogens with one attached hydrogen (secondary N) is 1. The number of amides is 1. The lowest BCUT2D eigenvalue weighted by molar-refractivity contribution is -0.144. The number of benzene rings is 1. The van der Waals surface area contributed by atoms with Crippen LogP contribution in [0.5, 0.6) is 0 Å². The number of carbonyl (C=O) groups excluding carboxylic acids is 2. The minimum atomic E-state index is -0.751. The first-order chi connectivity index (χ1) is 14.0. The molecule has 3 aromatic rings. The van der Waals surface area contributed by atoms with Gasteiger partial charge in [0.05, 0.1) is 24.7 Å². The van der Waals surface area contributed by atoms with Crippen molar-refractivity contribution in [3.05, 3.63) is 54.0 Å². The van der Waals surface area contributed by atoms with Crippen molar-refractivity contribution in [3.63, 3.8) is 0 Å². The van der Waals surface area contributed by atoms with Gasteiger partial charge in [-0.1, -0.05) is 42.1 Å². The molecule has 3 rings (SSSR count). The van der Waals surface area contributed by atoms with Gasteiger partial charge in [0.25, 0.3) is 0 Å². The van der Waals surface area contributed by atoms with Crippen LogP contribution >= 0.6 is 11.8 Å². The van der Waals surface area contributed by atoms with Gasteiger partial charge in [-0.2, -0.15) is 0 Å². The Balaban J connectivity index is 1.61. The third-order valence-electron chi connectivity index (χ3n) is 4.37. The fourth-order valence-electron chi connectivity index (χ4n) is 2.84. The Morgan fingerprint density at radius 1 is 1.24 bits per heavy atom. The quantitative estimate of drug-likeness (QED) is 0.446. The predicted octanol–water partition coefficient (Wildman–Crippen LogP) is 2.38. The van der Waals surface area contributed by atoms with E-state index in [1.807, 2.05) is 50.4 Å². The molecular weight excluding hydrogens is 392 g/mol. The average Bonchev–Trinajstić information content (AvgIpc) is 3.31. The van der Waals surface area contributed by atoms with Crippen LogP contribution < -0.4 is 5.32 Å². The third kappa shape index (κ3) is 5.05. The van der Waals surface area contributed by atoms with E-state index < -0.39 is 12.0 Å². The van der Waals surface area contributed by atoms with Crippen molar-refractivity contribution in [1.29, 1.82) is 0 Å². The van der Waals surface area contributed by atoms with E-state index >= 15 is 0 Å². The van der Waals surface area contributed by atoms with Crippen molar-refractivity contribution in [2.75, 3.05) is 12.9 Å². The fraction of sp³-hybridized carbons (Fsp3) is 0.300. The summed E-state index contributed by atoms with van der Waals surface area (Å²) in [6.45, 7) is 1.85. The van der Waals surface area contributed by atoms with Gasteiger partial charge in [0.15, 0.2) is 11.0 Å². The van der Waals surface area contributed by atoms with Crippen molar-refractivity contribution < 1.29 is 18.7 Å². The highest BCUT2D eigenvalue weighted by molar-refractivity contribution is 7.99. The van der Waals surface area contributed by atoms with Gasteiger partial charge in [0.2, 0.25) is 5.91 Å². The van der Waals surface area contributed by atoms with Gasteiger partial charge in [0.1, 0.15) is 11.8 Å². The van der Waals surface area contributed by atoms with E-state index in [4.69, 9.17) is 9.15 Å². The predicted molar refractivity (Wildman–Crippen MR) is 108 cm³/mol. The molecule has 0 spiro atoms. The highest BCUT2D eigenvalue weighted by Crippen LogP contribution is 2.25. The standard InChI is InChI=1S/C20H22N4O4S/c1-13-15(9-10-28-13)18-22-23-20(24(18)2)29-12-17(25)21-16(19(26)27-3)11-14-7-5-4-6-8-14/h4-10,16H,11-12H2,1-3H3,(H,21,25)/t16-/m0/s1. The summed E-state index contributed by atoms with van der Waals surface area (Å²) in [4.78, 5) is 24.5. The summed E-state index contributed by atoms with van der Waals surface area (Å²) >= 11 is 1.24. The summed E-state index contributed by atoms with van der Waals surface area (Å²) in [5.41, 5.74) is 1.79. The van der Waals surface area contributed by atoms with Crippen molar-refractivity contribution >= 4 is 23.6 Å². The molecule has 0 aliphatic rings. The molecule has 1 amide bonds. The number of esters is 1. The Labute approximate surface area is 172 Å². The molecule has 29 heavy (non-hydrogen) atoms. The van der Waals surface area contributed by atoms with Crippen LogP contribution in [-0.4, -0.2) is 45.5 Å². The lowest BCUT2D eigenvalue weighted by Crippen LogP contribution is -2.43. The van der Waals surface area contributed by atoms with E-state index in [1.54, 1.807) is 10.8 Å². The van der Waals surface area contributed by atoms with Gasteiger partial charge in [-0.25, -0.2) is 4.79 Å². The number of aryl methyl sites for hydroxylation is 1. The second-order valence-electron chi connectivity index (χ2n) is 6.38. The molecule has 152 valence electrons. The van der Waals surface area contributed by atoms with Crippen LogP contribution in [0.2, 0.25) is 0 Å². The lowest BCUT2D eigenvalue weighted by atomic mass is 10.1. The van der Waals surface area contributed by atoms with E-state index in [0.717, 1.165) is 16.9 Å². The lowest BCUT2D eigenvalue weighted by Gasteiger charge is -2.16. The maximum absolute atomic E-state index is 12.4. The maximum atomic E-state index is 12.4. The number of thioether (sulfide) groups is 1. The zero-order valence-electron chi connectivity index (χ0n) is 16.4. The molecule has 2 heterocycles. The van der Waals surface area contributed by atoms with Gasteiger partial charge < -0.3 is 19.0 Å². The highest BCUT2D eigenvalue weighted by Gasteiger charge is 2.22. The number of furan rings is 1. The Hall–Kier alpha value is -3.07. The number of ether oxygens (including phenoxy) is 1. The van der Waals surface area contributed by atoms with Crippen LogP contribution in [0.1, 0.15) is 11.3 Å². The normalized spacial score (nSPS) is 11.8.